The Morgan fingerprint density at radius 3 is 2.68 bits per heavy atom. The number of nitrogens with two attached hydrogens (primary N) is 1. The summed E-state index contributed by atoms with van der Waals surface area (Å²) >= 11 is 0. The van der Waals surface area contributed by atoms with Crippen LogP contribution in [0.5, 0.6) is 0 Å². The monoisotopic (exact) mass is 260 g/mol. The van der Waals surface area contributed by atoms with Gasteiger partial charge in [0.1, 0.15) is 0 Å². The normalized spacial score (nSPS) is 23.4. The minimum atomic E-state index is 0.461. The van der Waals surface area contributed by atoms with Gasteiger partial charge in [0.2, 0.25) is 0 Å². The standard InChI is InChI=1S/C17H28N2/c1-17(2)10-13-19(14-16(17)8-11-18)12-9-15-6-4-3-5-7-15/h3-7,16H,8-14,18H2,1-2H3. The molecule has 0 saturated carbocycles. The molecule has 1 aromatic carbocycles. The zero-order chi connectivity index (χ0) is 13.7. The minimum absolute atomic E-state index is 0.461. The Morgan fingerprint density at radius 2 is 2.00 bits per heavy atom. The van der Waals surface area contributed by atoms with Crippen LogP contribution in [0.2, 0.25) is 0 Å². The van der Waals surface area contributed by atoms with Crippen molar-refractivity contribution in [2.24, 2.45) is 17.1 Å². The van der Waals surface area contributed by atoms with Crippen molar-refractivity contribution >= 4 is 0 Å². The molecule has 2 rings (SSSR count). The highest BCUT2D eigenvalue weighted by atomic mass is 15.1. The van der Waals surface area contributed by atoms with E-state index in [2.05, 4.69) is 49.1 Å². The molecular formula is C17H28N2. The highest BCUT2D eigenvalue weighted by Crippen LogP contribution is 2.37. The number of hydrogen-bond acceptors (Lipinski definition) is 2. The molecule has 19 heavy (non-hydrogen) atoms. The predicted molar refractivity (Wildman–Crippen MR) is 82.1 cm³/mol. The van der Waals surface area contributed by atoms with Gasteiger partial charge in [-0.25, -0.2) is 0 Å². The van der Waals surface area contributed by atoms with Gasteiger partial charge in [-0.05, 0) is 49.2 Å². The molecule has 1 heterocycles. The van der Waals surface area contributed by atoms with Crippen LogP contribution in [0.15, 0.2) is 30.3 Å². The minimum Gasteiger partial charge on any atom is -0.330 e. The summed E-state index contributed by atoms with van der Waals surface area (Å²) in [6.45, 7) is 9.27. The Bertz CT molecular complexity index is 372. The molecule has 106 valence electrons. The molecule has 0 aromatic heterocycles. The Balaban J connectivity index is 1.85. The predicted octanol–water partition coefficient (Wildman–Crippen LogP) is 2.93. The number of benzene rings is 1. The van der Waals surface area contributed by atoms with E-state index in [-0.39, 0.29) is 0 Å². The van der Waals surface area contributed by atoms with E-state index >= 15 is 0 Å². The van der Waals surface area contributed by atoms with Crippen molar-refractivity contribution in [3.63, 3.8) is 0 Å². The number of likely N-dealkylation sites (tertiary alicyclic amines) is 1. The molecule has 0 bridgehead atoms. The van der Waals surface area contributed by atoms with Crippen molar-refractivity contribution in [1.82, 2.24) is 4.90 Å². The molecule has 0 radical (unpaired) electrons. The molecule has 2 nitrogen and oxygen atoms in total. The summed E-state index contributed by atoms with van der Waals surface area (Å²) in [7, 11) is 0. The van der Waals surface area contributed by atoms with Gasteiger partial charge in [-0.3, -0.25) is 0 Å². The molecule has 1 aliphatic rings. The molecular weight excluding hydrogens is 232 g/mol. The topological polar surface area (TPSA) is 29.3 Å². The van der Waals surface area contributed by atoms with E-state index in [0.717, 1.165) is 25.3 Å². The van der Waals surface area contributed by atoms with E-state index in [1.807, 2.05) is 0 Å². The first-order valence-corrected chi connectivity index (χ1v) is 7.58. The fraction of sp³-hybridized carbons (Fsp3) is 0.647. The quantitative estimate of drug-likeness (QED) is 0.882. The van der Waals surface area contributed by atoms with Crippen LogP contribution in [-0.2, 0) is 6.42 Å². The highest BCUT2D eigenvalue weighted by Gasteiger charge is 2.34. The second kappa shape index (κ2) is 6.53. The number of nitrogens with zero attached hydrogens (tertiary/aromatic N) is 1. The average Bonchev–Trinajstić information content (AvgIpc) is 2.41. The molecule has 1 fully saturated rings. The smallest absolute Gasteiger partial charge is 0.00219 e. The van der Waals surface area contributed by atoms with Gasteiger partial charge in [0.25, 0.3) is 0 Å². The lowest BCUT2D eigenvalue weighted by atomic mass is 9.72. The van der Waals surface area contributed by atoms with Crippen molar-refractivity contribution in [2.45, 2.75) is 33.1 Å². The fourth-order valence-corrected chi connectivity index (χ4v) is 3.12. The van der Waals surface area contributed by atoms with E-state index in [9.17, 15) is 0 Å². The van der Waals surface area contributed by atoms with Gasteiger partial charge in [-0.1, -0.05) is 44.2 Å². The van der Waals surface area contributed by atoms with Crippen LogP contribution in [0.1, 0.15) is 32.3 Å². The van der Waals surface area contributed by atoms with Gasteiger partial charge in [-0.2, -0.15) is 0 Å². The number of hydrogen-bond donors (Lipinski definition) is 1. The lowest BCUT2D eigenvalue weighted by molar-refractivity contribution is 0.0571. The van der Waals surface area contributed by atoms with E-state index in [1.165, 1.54) is 31.6 Å². The summed E-state index contributed by atoms with van der Waals surface area (Å²) in [5.41, 5.74) is 7.68. The van der Waals surface area contributed by atoms with E-state index in [4.69, 9.17) is 5.73 Å². The second-order valence-corrected chi connectivity index (χ2v) is 6.55. The number of rotatable bonds is 5. The zero-order valence-electron chi connectivity index (χ0n) is 12.4. The van der Waals surface area contributed by atoms with Crippen molar-refractivity contribution in [3.8, 4) is 0 Å². The summed E-state index contributed by atoms with van der Waals surface area (Å²) in [6.07, 6.45) is 3.62. The average molecular weight is 260 g/mol. The lowest BCUT2D eigenvalue weighted by Gasteiger charge is -2.44. The van der Waals surface area contributed by atoms with Crippen molar-refractivity contribution < 1.29 is 0 Å². The van der Waals surface area contributed by atoms with Crippen LogP contribution in [-0.4, -0.2) is 31.1 Å². The van der Waals surface area contributed by atoms with Crippen molar-refractivity contribution in [1.29, 1.82) is 0 Å². The molecule has 0 spiro atoms. The molecule has 2 N–H and O–H groups in total. The van der Waals surface area contributed by atoms with Crippen molar-refractivity contribution in [3.05, 3.63) is 35.9 Å². The Hall–Kier alpha value is -0.860. The van der Waals surface area contributed by atoms with Gasteiger partial charge in [-0.15, -0.1) is 0 Å². The van der Waals surface area contributed by atoms with Crippen LogP contribution in [0.3, 0.4) is 0 Å². The Kier molecular flexibility index (Phi) is 5.00. The maximum absolute atomic E-state index is 5.77. The van der Waals surface area contributed by atoms with Crippen LogP contribution in [0.25, 0.3) is 0 Å². The first-order valence-electron chi connectivity index (χ1n) is 7.58. The molecule has 0 amide bonds. The summed E-state index contributed by atoms with van der Waals surface area (Å²) in [5.74, 6) is 0.752. The van der Waals surface area contributed by atoms with Gasteiger partial charge < -0.3 is 10.6 Å². The van der Waals surface area contributed by atoms with Gasteiger partial charge in [0.15, 0.2) is 0 Å². The SMILES string of the molecule is CC1(C)CCN(CCc2ccccc2)CC1CCN. The van der Waals surface area contributed by atoms with Gasteiger partial charge in [0, 0.05) is 13.1 Å². The lowest BCUT2D eigenvalue weighted by Crippen LogP contribution is -2.46. The largest absolute Gasteiger partial charge is 0.330 e. The molecule has 0 aliphatic carbocycles. The molecule has 1 aliphatic heterocycles. The molecule has 2 heteroatoms. The first-order chi connectivity index (χ1) is 9.12. The van der Waals surface area contributed by atoms with Crippen LogP contribution in [0, 0.1) is 11.3 Å². The van der Waals surface area contributed by atoms with Crippen LogP contribution >= 0.6 is 0 Å². The van der Waals surface area contributed by atoms with E-state index in [1.54, 1.807) is 0 Å². The van der Waals surface area contributed by atoms with Gasteiger partial charge in [0.05, 0.1) is 0 Å². The molecule has 1 aromatic rings. The van der Waals surface area contributed by atoms with Crippen LogP contribution < -0.4 is 5.73 Å². The summed E-state index contributed by atoms with van der Waals surface area (Å²) in [5, 5.41) is 0. The zero-order valence-corrected chi connectivity index (χ0v) is 12.4. The summed E-state index contributed by atoms with van der Waals surface area (Å²) < 4.78 is 0. The highest BCUT2D eigenvalue weighted by molar-refractivity contribution is 5.14. The molecule has 1 unspecified atom stereocenters. The summed E-state index contributed by atoms with van der Waals surface area (Å²) in [4.78, 5) is 2.62. The first kappa shape index (κ1) is 14.5. The third-order valence-electron chi connectivity index (χ3n) is 4.73. The third kappa shape index (κ3) is 4.05. The number of piperidine rings is 1. The Morgan fingerprint density at radius 1 is 1.26 bits per heavy atom. The second-order valence-electron chi connectivity index (χ2n) is 6.55. The van der Waals surface area contributed by atoms with Gasteiger partial charge >= 0.3 is 0 Å². The molecule has 1 atom stereocenters. The maximum Gasteiger partial charge on any atom is 0.00219 e. The summed E-state index contributed by atoms with van der Waals surface area (Å²) in [6, 6.07) is 10.8. The van der Waals surface area contributed by atoms with E-state index in [0.29, 0.717) is 5.41 Å². The Labute approximate surface area is 118 Å². The fourth-order valence-electron chi connectivity index (χ4n) is 3.12. The third-order valence-corrected chi connectivity index (χ3v) is 4.73. The van der Waals surface area contributed by atoms with Crippen molar-refractivity contribution in [2.75, 3.05) is 26.2 Å². The van der Waals surface area contributed by atoms with E-state index < -0.39 is 0 Å². The van der Waals surface area contributed by atoms with Crippen LogP contribution in [0.4, 0.5) is 0 Å². The maximum atomic E-state index is 5.77. The molecule has 1 saturated heterocycles.